The fourth-order valence-corrected chi connectivity index (χ4v) is 2.58. The van der Waals surface area contributed by atoms with Gasteiger partial charge in [-0.25, -0.2) is 0 Å². The van der Waals surface area contributed by atoms with E-state index >= 15 is 0 Å². The Hall–Kier alpha value is -0.120. The van der Waals surface area contributed by atoms with Crippen molar-refractivity contribution in [2.75, 3.05) is 34.2 Å². The fraction of sp³-hybridized carbons (Fsp3) is 1.00. The van der Waals surface area contributed by atoms with Gasteiger partial charge >= 0.3 is 0 Å². The molecule has 2 N–H and O–H groups in total. The third kappa shape index (κ3) is 2.94. The number of rotatable bonds is 4. The first-order valence-electron chi connectivity index (χ1n) is 5.73. The van der Waals surface area contributed by atoms with E-state index in [0.717, 1.165) is 19.1 Å². The predicted molar refractivity (Wildman–Crippen MR) is 61.4 cm³/mol. The van der Waals surface area contributed by atoms with Gasteiger partial charge in [0, 0.05) is 25.2 Å². The number of likely N-dealkylation sites (N-methyl/N-ethyl adjacent to an activating group) is 2. The average molecular weight is 199 g/mol. The molecule has 1 aliphatic rings. The number of hydrogen-bond donors (Lipinski definition) is 1. The summed E-state index contributed by atoms with van der Waals surface area (Å²) in [4.78, 5) is 4.81. The average Bonchev–Trinajstić information content (AvgIpc) is 2.18. The number of nitrogens with zero attached hydrogens (tertiary/aromatic N) is 2. The van der Waals surface area contributed by atoms with Crippen molar-refractivity contribution in [3.63, 3.8) is 0 Å². The Labute approximate surface area is 88.2 Å². The molecule has 0 aliphatic heterocycles. The Morgan fingerprint density at radius 3 is 2.14 bits per heavy atom. The van der Waals surface area contributed by atoms with Crippen LogP contribution < -0.4 is 5.73 Å². The zero-order valence-corrected chi connectivity index (χ0v) is 9.87. The molecule has 3 nitrogen and oxygen atoms in total. The van der Waals surface area contributed by atoms with E-state index in [1.54, 1.807) is 0 Å². The highest BCUT2D eigenvalue weighted by atomic mass is 15.2. The monoisotopic (exact) mass is 199 g/mol. The van der Waals surface area contributed by atoms with Crippen LogP contribution >= 0.6 is 0 Å². The van der Waals surface area contributed by atoms with Gasteiger partial charge in [-0.2, -0.15) is 0 Å². The third-order valence-electron chi connectivity index (χ3n) is 3.41. The molecule has 84 valence electrons. The summed E-state index contributed by atoms with van der Waals surface area (Å²) in [6, 6.07) is 1.43. The molecule has 0 radical (unpaired) electrons. The first kappa shape index (κ1) is 12.0. The van der Waals surface area contributed by atoms with Gasteiger partial charge < -0.3 is 15.5 Å². The standard InChI is InChI=1S/C11H25N3/c1-13(2)10-6-4-5-7-11(10)14(3)9-8-12/h10-11H,4-9,12H2,1-3H3/t10-,11-/m0/s1. The second-order valence-electron chi connectivity index (χ2n) is 4.65. The van der Waals surface area contributed by atoms with E-state index in [9.17, 15) is 0 Å². The highest BCUT2D eigenvalue weighted by molar-refractivity contribution is 4.86. The van der Waals surface area contributed by atoms with Gasteiger partial charge in [0.05, 0.1) is 0 Å². The summed E-state index contributed by atoms with van der Waals surface area (Å²) in [6.45, 7) is 1.79. The van der Waals surface area contributed by atoms with Crippen LogP contribution in [0.25, 0.3) is 0 Å². The molecule has 0 amide bonds. The number of nitrogens with two attached hydrogens (primary N) is 1. The molecular weight excluding hydrogens is 174 g/mol. The maximum atomic E-state index is 5.60. The Kier molecular flexibility index (Phi) is 4.85. The Morgan fingerprint density at radius 2 is 1.64 bits per heavy atom. The van der Waals surface area contributed by atoms with Crippen molar-refractivity contribution in [3.05, 3.63) is 0 Å². The molecule has 1 saturated carbocycles. The zero-order valence-electron chi connectivity index (χ0n) is 9.87. The van der Waals surface area contributed by atoms with Gasteiger partial charge in [0.1, 0.15) is 0 Å². The maximum Gasteiger partial charge on any atom is 0.0248 e. The van der Waals surface area contributed by atoms with Crippen molar-refractivity contribution in [2.24, 2.45) is 5.73 Å². The van der Waals surface area contributed by atoms with Crippen LogP contribution in [0.2, 0.25) is 0 Å². The summed E-state index contributed by atoms with van der Waals surface area (Å²) in [5.74, 6) is 0. The second-order valence-corrected chi connectivity index (χ2v) is 4.65. The smallest absolute Gasteiger partial charge is 0.0248 e. The summed E-state index contributed by atoms with van der Waals surface area (Å²) in [5, 5.41) is 0. The van der Waals surface area contributed by atoms with Crippen LogP contribution in [0, 0.1) is 0 Å². The predicted octanol–water partition coefficient (Wildman–Crippen LogP) is 0.750. The molecule has 0 aromatic heterocycles. The second kappa shape index (κ2) is 5.69. The molecule has 0 heterocycles. The summed E-state index contributed by atoms with van der Waals surface area (Å²) in [5.41, 5.74) is 5.60. The first-order valence-corrected chi connectivity index (χ1v) is 5.73. The molecule has 1 aliphatic carbocycles. The fourth-order valence-electron chi connectivity index (χ4n) is 2.58. The van der Waals surface area contributed by atoms with Crippen molar-refractivity contribution in [2.45, 2.75) is 37.8 Å². The Morgan fingerprint density at radius 1 is 1.07 bits per heavy atom. The minimum Gasteiger partial charge on any atom is -0.329 e. The van der Waals surface area contributed by atoms with Crippen LogP contribution in [0.15, 0.2) is 0 Å². The Balaban J connectivity index is 2.53. The molecule has 0 aromatic carbocycles. The molecule has 1 rings (SSSR count). The Bertz CT molecular complexity index is 159. The van der Waals surface area contributed by atoms with E-state index in [-0.39, 0.29) is 0 Å². The molecule has 0 unspecified atom stereocenters. The lowest BCUT2D eigenvalue weighted by atomic mass is 9.88. The summed E-state index contributed by atoms with van der Waals surface area (Å²) < 4.78 is 0. The van der Waals surface area contributed by atoms with Crippen molar-refractivity contribution >= 4 is 0 Å². The molecule has 0 bridgehead atoms. The maximum absolute atomic E-state index is 5.60. The van der Waals surface area contributed by atoms with Crippen LogP contribution in [0.3, 0.4) is 0 Å². The quantitative estimate of drug-likeness (QED) is 0.725. The van der Waals surface area contributed by atoms with Crippen LogP contribution in [-0.2, 0) is 0 Å². The van der Waals surface area contributed by atoms with E-state index in [2.05, 4.69) is 30.9 Å². The van der Waals surface area contributed by atoms with E-state index in [0.29, 0.717) is 6.04 Å². The minimum absolute atomic E-state index is 0.710. The van der Waals surface area contributed by atoms with Gasteiger partial charge in [-0.1, -0.05) is 12.8 Å². The lowest BCUT2D eigenvalue weighted by Gasteiger charge is -2.41. The summed E-state index contributed by atoms with van der Waals surface area (Å²) in [6.07, 6.45) is 5.44. The van der Waals surface area contributed by atoms with Crippen LogP contribution in [0.1, 0.15) is 25.7 Å². The minimum atomic E-state index is 0.710. The van der Waals surface area contributed by atoms with Gasteiger partial charge in [-0.3, -0.25) is 0 Å². The van der Waals surface area contributed by atoms with E-state index in [4.69, 9.17) is 5.73 Å². The zero-order chi connectivity index (χ0) is 10.6. The highest BCUT2D eigenvalue weighted by Gasteiger charge is 2.28. The van der Waals surface area contributed by atoms with Crippen molar-refractivity contribution < 1.29 is 0 Å². The van der Waals surface area contributed by atoms with Gasteiger partial charge in [-0.15, -0.1) is 0 Å². The topological polar surface area (TPSA) is 32.5 Å². The molecule has 14 heavy (non-hydrogen) atoms. The molecule has 0 aromatic rings. The van der Waals surface area contributed by atoms with E-state index in [1.165, 1.54) is 25.7 Å². The van der Waals surface area contributed by atoms with Crippen molar-refractivity contribution in [1.29, 1.82) is 0 Å². The van der Waals surface area contributed by atoms with Gasteiger partial charge in [0.2, 0.25) is 0 Å². The molecule has 0 saturated heterocycles. The first-order chi connectivity index (χ1) is 6.66. The third-order valence-corrected chi connectivity index (χ3v) is 3.41. The van der Waals surface area contributed by atoms with Crippen LogP contribution in [0.4, 0.5) is 0 Å². The SMILES string of the molecule is CN(C)[C@H]1CCCC[C@@H]1N(C)CCN. The molecule has 2 atom stereocenters. The van der Waals surface area contributed by atoms with Gasteiger partial charge in [0.15, 0.2) is 0 Å². The lowest BCUT2D eigenvalue weighted by Crippen LogP contribution is -2.50. The highest BCUT2D eigenvalue weighted by Crippen LogP contribution is 2.24. The molecular formula is C11H25N3. The lowest BCUT2D eigenvalue weighted by molar-refractivity contribution is 0.0945. The van der Waals surface area contributed by atoms with Crippen LogP contribution in [0.5, 0.6) is 0 Å². The summed E-state index contributed by atoms with van der Waals surface area (Å²) in [7, 11) is 6.60. The van der Waals surface area contributed by atoms with Crippen LogP contribution in [-0.4, -0.2) is 56.1 Å². The normalized spacial score (nSPS) is 28.7. The van der Waals surface area contributed by atoms with E-state index in [1.807, 2.05) is 0 Å². The number of hydrogen-bond acceptors (Lipinski definition) is 3. The van der Waals surface area contributed by atoms with Gasteiger partial charge in [0.25, 0.3) is 0 Å². The molecule has 1 fully saturated rings. The summed E-state index contributed by atoms with van der Waals surface area (Å²) >= 11 is 0. The van der Waals surface area contributed by atoms with Crippen molar-refractivity contribution in [3.8, 4) is 0 Å². The van der Waals surface area contributed by atoms with Gasteiger partial charge in [-0.05, 0) is 34.0 Å². The van der Waals surface area contributed by atoms with Crippen molar-refractivity contribution in [1.82, 2.24) is 9.80 Å². The molecule has 0 spiro atoms. The van der Waals surface area contributed by atoms with E-state index < -0.39 is 0 Å². The molecule has 3 heteroatoms. The largest absolute Gasteiger partial charge is 0.329 e.